The maximum Gasteiger partial charge on any atom is 0.277 e. The first-order valence-electron chi connectivity index (χ1n) is 11.8. The van der Waals surface area contributed by atoms with Gasteiger partial charge in [-0.25, -0.2) is 17.9 Å². The molecule has 0 atom stereocenters. The number of nitrogens with one attached hydrogen (secondary N) is 2. The zero-order valence-electron chi connectivity index (χ0n) is 20.2. The quantitative estimate of drug-likeness (QED) is 0.480. The molecule has 184 valence electrons. The summed E-state index contributed by atoms with van der Waals surface area (Å²) in [5, 5.41) is 4.67. The minimum atomic E-state index is -3.69. The number of imidazole rings is 1. The molecule has 0 bridgehead atoms. The van der Waals surface area contributed by atoms with Crippen LogP contribution in [0.4, 0.5) is 0 Å². The third-order valence-corrected chi connectivity index (χ3v) is 7.99. The van der Waals surface area contributed by atoms with E-state index in [9.17, 15) is 13.2 Å². The lowest BCUT2D eigenvalue weighted by molar-refractivity contribution is -0.883. The molecule has 1 aliphatic rings. The van der Waals surface area contributed by atoms with Crippen molar-refractivity contribution in [2.75, 3.05) is 39.8 Å². The van der Waals surface area contributed by atoms with Gasteiger partial charge in [0.25, 0.3) is 5.56 Å². The van der Waals surface area contributed by atoms with Gasteiger partial charge in [0.15, 0.2) is 11.3 Å². The Balaban J connectivity index is 1.85. The average Bonchev–Trinajstić information content (AvgIpc) is 3.13. The predicted octanol–water partition coefficient (Wildman–Crippen LogP) is 0.653. The highest BCUT2D eigenvalue weighted by molar-refractivity contribution is 7.89. The molecule has 0 aliphatic carbocycles. The maximum atomic E-state index is 13.4. The van der Waals surface area contributed by atoms with E-state index in [-0.39, 0.29) is 16.3 Å². The highest BCUT2D eigenvalue weighted by Gasteiger charge is 2.30. The number of sulfonamides is 1. The van der Waals surface area contributed by atoms with Crippen molar-refractivity contribution in [3.05, 3.63) is 40.1 Å². The Bertz CT molecular complexity index is 1340. The summed E-state index contributed by atoms with van der Waals surface area (Å²) in [5.74, 6) is 1.42. The molecule has 1 fully saturated rings. The summed E-state index contributed by atoms with van der Waals surface area (Å²) in [6.45, 7) is 8.72. The Hall–Kier alpha value is -2.76. The number of quaternary nitrogens is 1. The van der Waals surface area contributed by atoms with Gasteiger partial charge in [0.1, 0.15) is 11.6 Å². The van der Waals surface area contributed by atoms with Crippen LogP contribution >= 0.6 is 0 Å². The van der Waals surface area contributed by atoms with Crippen LogP contribution < -0.4 is 15.2 Å². The molecule has 1 saturated heterocycles. The number of hydrogen-bond acceptors (Lipinski definition) is 6. The lowest BCUT2D eigenvalue weighted by atomic mass is 10.2. The number of rotatable bonds is 8. The summed E-state index contributed by atoms with van der Waals surface area (Å²) in [4.78, 5) is 21.8. The van der Waals surface area contributed by atoms with Gasteiger partial charge >= 0.3 is 0 Å². The number of H-pyrrole nitrogens is 1. The molecule has 3 aromatic rings. The Morgan fingerprint density at radius 2 is 1.91 bits per heavy atom. The summed E-state index contributed by atoms with van der Waals surface area (Å²) < 4.78 is 35.8. The topological polar surface area (TPSA) is 114 Å². The minimum Gasteiger partial charge on any atom is -0.493 e. The van der Waals surface area contributed by atoms with E-state index in [1.165, 1.54) is 9.21 Å². The number of ether oxygens (including phenoxy) is 1. The van der Waals surface area contributed by atoms with Gasteiger partial charge in [0.05, 0.1) is 56.0 Å². The fraction of sp³-hybridized carbons (Fsp3) is 0.522. The number of aromatic amines is 1. The number of aromatic nitrogens is 4. The molecule has 1 aromatic carbocycles. The molecule has 0 unspecified atom stereocenters. The molecule has 4 rings (SSSR count). The van der Waals surface area contributed by atoms with Crippen molar-refractivity contribution in [1.82, 2.24) is 23.9 Å². The first kappa shape index (κ1) is 24.4. The smallest absolute Gasteiger partial charge is 0.277 e. The lowest BCUT2D eigenvalue weighted by Crippen LogP contribution is -3.12. The van der Waals surface area contributed by atoms with Crippen molar-refractivity contribution in [3.63, 3.8) is 0 Å². The Kier molecular flexibility index (Phi) is 7.06. The molecule has 0 amide bonds. The number of fused-ring (bicyclic) bond motifs is 1. The summed E-state index contributed by atoms with van der Waals surface area (Å²) in [6, 6.07) is 4.77. The molecule has 10 nitrogen and oxygen atoms in total. The average molecular weight is 490 g/mol. The number of piperazine rings is 1. The number of nitrogens with zero attached hydrogens (tertiary/aromatic N) is 4. The molecule has 3 heterocycles. The van der Waals surface area contributed by atoms with Gasteiger partial charge in [-0.3, -0.25) is 4.79 Å². The van der Waals surface area contributed by atoms with Gasteiger partial charge < -0.3 is 14.6 Å². The standard InChI is InChI=1S/C23H32N6O4S/c1-5-7-20-24-16(3)21-23(30)25-22(26-29(20)21)18-15-17(8-9-19(18)33-14-6-2)34(31,32)28-12-10-27(4)11-13-28/h8-9,15H,5-7,10-14H2,1-4H3,(H,25,26,30)/p+1. The van der Waals surface area contributed by atoms with Crippen molar-refractivity contribution < 1.29 is 18.1 Å². The zero-order chi connectivity index (χ0) is 24.5. The Morgan fingerprint density at radius 1 is 1.18 bits per heavy atom. The van der Waals surface area contributed by atoms with E-state index in [4.69, 9.17) is 4.74 Å². The normalized spacial score (nSPS) is 15.8. The van der Waals surface area contributed by atoms with Crippen LogP contribution in [0.25, 0.3) is 16.9 Å². The van der Waals surface area contributed by atoms with Gasteiger partial charge in [-0.05, 0) is 38.0 Å². The fourth-order valence-electron chi connectivity index (χ4n) is 4.19. The highest BCUT2D eigenvalue weighted by atomic mass is 32.2. The lowest BCUT2D eigenvalue weighted by Gasteiger charge is -2.29. The van der Waals surface area contributed by atoms with Crippen molar-refractivity contribution in [1.29, 1.82) is 0 Å². The van der Waals surface area contributed by atoms with E-state index in [1.54, 1.807) is 29.6 Å². The third kappa shape index (κ3) is 4.59. The van der Waals surface area contributed by atoms with Crippen LogP contribution in [-0.4, -0.2) is 72.1 Å². The van der Waals surface area contributed by atoms with Gasteiger partial charge in [0, 0.05) is 6.42 Å². The van der Waals surface area contributed by atoms with Gasteiger partial charge in [0.2, 0.25) is 10.0 Å². The molecule has 0 spiro atoms. The third-order valence-electron chi connectivity index (χ3n) is 6.10. The predicted molar refractivity (Wildman–Crippen MR) is 129 cm³/mol. The van der Waals surface area contributed by atoms with Crippen LogP contribution in [-0.2, 0) is 16.4 Å². The second kappa shape index (κ2) is 9.85. The van der Waals surface area contributed by atoms with Crippen molar-refractivity contribution in [2.45, 2.75) is 44.9 Å². The Labute approximate surface area is 199 Å². The summed E-state index contributed by atoms with van der Waals surface area (Å²) in [7, 11) is -1.63. The van der Waals surface area contributed by atoms with Crippen LogP contribution in [0.15, 0.2) is 27.9 Å². The fourth-order valence-corrected chi connectivity index (χ4v) is 5.66. The molecule has 0 radical (unpaired) electrons. The summed E-state index contributed by atoms with van der Waals surface area (Å²) in [5.41, 5.74) is 1.11. The molecule has 1 aliphatic heterocycles. The van der Waals surface area contributed by atoms with Gasteiger partial charge in [-0.15, -0.1) is 5.10 Å². The second-order valence-corrected chi connectivity index (χ2v) is 10.7. The SMILES string of the molecule is CCCOc1ccc(S(=O)(=O)N2CC[NH+](C)CC2)cc1-c1nn2c(CCC)nc(C)c2c(=O)[nH]1. The van der Waals surface area contributed by atoms with Crippen LogP contribution in [0.2, 0.25) is 0 Å². The zero-order valence-corrected chi connectivity index (χ0v) is 21.0. The first-order chi connectivity index (χ1) is 16.3. The largest absolute Gasteiger partial charge is 0.493 e. The number of likely N-dealkylation sites (N-methyl/N-ethyl adjacent to an activating group) is 1. The van der Waals surface area contributed by atoms with Crippen LogP contribution in [0.5, 0.6) is 5.75 Å². The number of hydrogen-bond donors (Lipinski definition) is 2. The van der Waals surface area contributed by atoms with E-state index in [2.05, 4.69) is 22.1 Å². The van der Waals surface area contributed by atoms with Crippen LogP contribution in [0.1, 0.15) is 38.2 Å². The molecule has 11 heteroatoms. The molecular formula is C23H33N6O4S+. The van der Waals surface area contributed by atoms with Gasteiger partial charge in [-0.2, -0.15) is 4.31 Å². The Morgan fingerprint density at radius 3 is 2.59 bits per heavy atom. The first-order valence-corrected chi connectivity index (χ1v) is 13.3. The maximum absolute atomic E-state index is 13.4. The monoisotopic (exact) mass is 489 g/mol. The molecule has 2 N–H and O–H groups in total. The van der Waals surface area contributed by atoms with E-state index in [1.807, 2.05) is 13.8 Å². The summed E-state index contributed by atoms with van der Waals surface area (Å²) in [6.07, 6.45) is 2.31. The summed E-state index contributed by atoms with van der Waals surface area (Å²) >= 11 is 0. The van der Waals surface area contributed by atoms with E-state index in [0.29, 0.717) is 54.5 Å². The van der Waals surface area contributed by atoms with Crippen molar-refractivity contribution >= 4 is 15.5 Å². The van der Waals surface area contributed by atoms with Crippen molar-refractivity contribution in [3.8, 4) is 17.1 Å². The van der Waals surface area contributed by atoms with Crippen LogP contribution in [0.3, 0.4) is 0 Å². The number of benzene rings is 1. The van der Waals surface area contributed by atoms with E-state index in [0.717, 1.165) is 25.9 Å². The number of aryl methyl sites for hydroxylation is 2. The highest BCUT2D eigenvalue weighted by Crippen LogP contribution is 2.31. The molecule has 34 heavy (non-hydrogen) atoms. The van der Waals surface area contributed by atoms with E-state index < -0.39 is 10.0 Å². The minimum absolute atomic E-state index is 0.157. The van der Waals surface area contributed by atoms with Gasteiger partial charge in [-0.1, -0.05) is 13.8 Å². The second-order valence-electron chi connectivity index (χ2n) is 8.79. The van der Waals surface area contributed by atoms with E-state index >= 15 is 0 Å². The molecular weight excluding hydrogens is 456 g/mol. The van der Waals surface area contributed by atoms with Crippen molar-refractivity contribution in [2.24, 2.45) is 0 Å². The van der Waals surface area contributed by atoms with Crippen LogP contribution in [0, 0.1) is 6.92 Å². The molecule has 0 saturated carbocycles. The molecule has 2 aromatic heterocycles.